The van der Waals surface area contributed by atoms with Crippen molar-refractivity contribution >= 4 is 24.2 Å². The molecule has 0 aromatic heterocycles. The number of nitrogens with zero attached hydrogens (tertiary/aromatic N) is 3. The third-order valence-corrected chi connectivity index (χ3v) is 6.87. The molecule has 6 heteroatoms. The van der Waals surface area contributed by atoms with E-state index in [-0.39, 0.29) is 29.1 Å². The summed E-state index contributed by atoms with van der Waals surface area (Å²) < 4.78 is 0. The molecule has 2 atom stereocenters. The van der Waals surface area contributed by atoms with E-state index in [2.05, 4.69) is 44.6 Å². The molecule has 1 rings (SSSR count). The Hall–Kier alpha value is 1.29. The van der Waals surface area contributed by atoms with Crippen molar-refractivity contribution in [2.24, 2.45) is 5.92 Å². The summed E-state index contributed by atoms with van der Waals surface area (Å²) in [5.41, 5.74) is 0. The van der Waals surface area contributed by atoms with Crippen LogP contribution in [0.25, 0.3) is 15.6 Å². The van der Waals surface area contributed by atoms with Crippen molar-refractivity contribution in [3.8, 4) is 0 Å². The van der Waals surface area contributed by atoms with E-state index < -0.39 is 8.24 Å². The standard InChI is InChI=1S/C9H19BrNSi.2C2H6N.CH3.Ti/c1-11-12(2,3)7-8-5-4-6-9(8)10;2*1-3-2;;/h8-9H,4-7H2,1-3H3;2*1-2H3;1H3;/q4*-1;+4. The molecule has 0 saturated heterocycles. The summed E-state index contributed by atoms with van der Waals surface area (Å²) in [4.78, 5) is 5.32. The molecule has 0 aromatic carbocycles. The third-order valence-electron chi connectivity index (χ3n) is 2.93. The van der Waals surface area contributed by atoms with Crippen LogP contribution in [0.3, 0.4) is 0 Å². The molecule has 0 heterocycles. The molecule has 1 aliphatic rings. The van der Waals surface area contributed by atoms with Gasteiger partial charge in [-0.3, -0.25) is 0 Å². The van der Waals surface area contributed by atoms with Crippen molar-refractivity contribution in [2.45, 2.75) is 43.2 Å². The molecule has 0 aliphatic heterocycles. The average Bonchev–Trinajstić information content (AvgIpc) is 2.66. The fourth-order valence-corrected chi connectivity index (χ4v) is 5.03. The van der Waals surface area contributed by atoms with Crippen molar-refractivity contribution in [1.82, 2.24) is 0 Å². The Morgan fingerprint density at radius 1 is 1.00 bits per heavy atom. The van der Waals surface area contributed by atoms with Crippen molar-refractivity contribution in [1.29, 1.82) is 0 Å². The van der Waals surface area contributed by atoms with Crippen molar-refractivity contribution in [3.05, 3.63) is 23.0 Å². The van der Waals surface area contributed by atoms with Gasteiger partial charge in [-0.1, -0.05) is 49.7 Å². The molecule has 3 nitrogen and oxygen atoms in total. The Labute approximate surface area is 152 Å². The van der Waals surface area contributed by atoms with Gasteiger partial charge in [0.15, 0.2) is 0 Å². The molecule has 1 fully saturated rings. The summed E-state index contributed by atoms with van der Waals surface area (Å²) in [6.45, 7) is 4.73. The smallest absolute Gasteiger partial charge is 0.668 e. The zero-order valence-electron chi connectivity index (χ0n) is 14.7. The molecule has 1 aliphatic carbocycles. The maximum Gasteiger partial charge on any atom is 4.00 e. The predicted molar refractivity (Wildman–Crippen MR) is 98.5 cm³/mol. The van der Waals surface area contributed by atoms with Crippen LogP contribution in [0.5, 0.6) is 0 Å². The number of hydrogen-bond donors (Lipinski definition) is 0. The fraction of sp³-hybridized carbons (Fsp3) is 0.929. The molecule has 1 saturated carbocycles. The summed E-state index contributed by atoms with van der Waals surface area (Å²) in [6.07, 6.45) is 4.20. The Balaban J connectivity index is -0.000000139. The van der Waals surface area contributed by atoms with E-state index in [1.54, 1.807) is 28.2 Å². The quantitative estimate of drug-likeness (QED) is 0.344. The molecule has 0 N–H and O–H groups in total. The van der Waals surface area contributed by atoms with E-state index in [9.17, 15) is 0 Å². The molecule has 20 heavy (non-hydrogen) atoms. The molecule has 0 radical (unpaired) electrons. The second-order valence-corrected chi connectivity index (χ2v) is 11.0. The fourth-order valence-electron chi connectivity index (χ4n) is 1.95. The average molecular weight is 400 g/mol. The Morgan fingerprint density at radius 3 is 1.65 bits per heavy atom. The zero-order valence-corrected chi connectivity index (χ0v) is 18.9. The van der Waals surface area contributed by atoms with Gasteiger partial charge in [-0.05, 0) is 18.8 Å². The van der Waals surface area contributed by atoms with Crippen LogP contribution in [0.15, 0.2) is 0 Å². The molecule has 0 spiro atoms. The van der Waals surface area contributed by atoms with Crippen LogP contribution in [0.1, 0.15) is 19.3 Å². The number of alkyl halides is 1. The van der Waals surface area contributed by atoms with Gasteiger partial charge in [-0.15, -0.1) is 0 Å². The normalized spacial score (nSPS) is 20.4. The molecular formula is C14H34BrN3SiTi. The van der Waals surface area contributed by atoms with Crippen molar-refractivity contribution < 1.29 is 21.7 Å². The zero-order chi connectivity index (χ0) is 14.6. The van der Waals surface area contributed by atoms with E-state index in [1.165, 1.54) is 25.3 Å². The first kappa shape index (κ1) is 29.3. The van der Waals surface area contributed by atoms with Crippen molar-refractivity contribution in [2.75, 3.05) is 35.2 Å². The van der Waals surface area contributed by atoms with E-state index in [4.69, 9.17) is 0 Å². The molecule has 0 bridgehead atoms. The summed E-state index contributed by atoms with van der Waals surface area (Å²) in [5, 5.41) is 7.00. The van der Waals surface area contributed by atoms with Gasteiger partial charge in [0.2, 0.25) is 0 Å². The Kier molecular flexibility index (Phi) is 26.9. The first-order valence-corrected chi connectivity index (χ1v) is 10.7. The van der Waals surface area contributed by atoms with Gasteiger partial charge in [-0.25, -0.2) is 0 Å². The van der Waals surface area contributed by atoms with Gasteiger partial charge < -0.3 is 23.0 Å². The van der Waals surface area contributed by atoms with Crippen LogP contribution in [0.4, 0.5) is 0 Å². The maximum atomic E-state index is 4.54. The third kappa shape index (κ3) is 17.3. The second-order valence-electron chi connectivity index (χ2n) is 5.34. The van der Waals surface area contributed by atoms with Gasteiger partial charge in [0.25, 0.3) is 0 Å². The minimum atomic E-state index is -1.19. The van der Waals surface area contributed by atoms with E-state index >= 15 is 0 Å². The van der Waals surface area contributed by atoms with E-state index in [1.807, 2.05) is 7.05 Å². The van der Waals surface area contributed by atoms with Gasteiger partial charge in [0.1, 0.15) is 0 Å². The molecule has 2 unspecified atom stereocenters. The van der Waals surface area contributed by atoms with Gasteiger partial charge in [0.05, 0.1) is 0 Å². The summed E-state index contributed by atoms with van der Waals surface area (Å²) in [7, 11) is 7.80. The van der Waals surface area contributed by atoms with Crippen LogP contribution in [0, 0.1) is 13.3 Å². The monoisotopic (exact) mass is 399 g/mol. The SMILES string of the molecule is C[N-]C.C[N-]C.C[N-][Si](C)(C)CC1CCCC1Br.[CH3-].[Ti+4]. The number of halogens is 1. The molecule has 0 aromatic rings. The Bertz CT molecular complexity index is 184. The van der Waals surface area contributed by atoms with Crippen molar-refractivity contribution in [3.63, 3.8) is 0 Å². The van der Waals surface area contributed by atoms with Crippen LogP contribution in [-0.2, 0) is 21.7 Å². The van der Waals surface area contributed by atoms with Gasteiger partial charge in [-0.2, -0.15) is 35.2 Å². The summed E-state index contributed by atoms with van der Waals surface area (Å²) in [5.74, 6) is 0.912. The minimum Gasteiger partial charge on any atom is -0.668 e. The number of rotatable bonds is 3. The van der Waals surface area contributed by atoms with E-state index in [0.29, 0.717) is 0 Å². The van der Waals surface area contributed by atoms with Gasteiger partial charge >= 0.3 is 21.7 Å². The van der Waals surface area contributed by atoms with Crippen LogP contribution in [0.2, 0.25) is 19.1 Å². The number of hydrogen-bond acceptors (Lipinski definition) is 0. The molecule has 120 valence electrons. The first-order chi connectivity index (χ1) is 8.38. The van der Waals surface area contributed by atoms with Crippen LogP contribution < -0.4 is 0 Å². The minimum absolute atomic E-state index is 0. The second kappa shape index (κ2) is 18.3. The van der Waals surface area contributed by atoms with E-state index in [0.717, 1.165) is 10.7 Å². The maximum absolute atomic E-state index is 4.54. The molecule has 0 amide bonds. The largest absolute Gasteiger partial charge is 4.00 e. The summed E-state index contributed by atoms with van der Waals surface area (Å²) in [6, 6.07) is 1.37. The van der Waals surface area contributed by atoms with Gasteiger partial charge in [0, 0.05) is 4.83 Å². The topological polar surface area (TPSA) is 42.3 Å². The Morgan fingerprint density at radius 2 is 1.40 bits per heavy atom. The van der Waals surface area contributed by atoms with Crippen LogP contribution in [-0.4, -0.2) is 48.3 Å². The first-order valence-electron chi connectivity index (χ1n) is 6.59. The predicted octanol–water partition coefficient (Wildman–Crippen LogP) is 5.45. The molecular weight excluding hydrogens is 366 g/mol. The summed E-state index contributed by atoms with van der Waals surface area (Å²) >= 11 is 3.77. The van der Waals surface area contributed by atoms with Crippen LogP contribution >= 0.6 is 15.9 Å².